The molecule has 34 heavy (non-hydrogen) atoms. The highest BCUT2D eigenvalue weighted by Crippen LogP contribution is 2.35. The number of para-hydroxylation sites is 1. The van der Waals surface area contributed by atoms with E-state index in [4.69, 9.17) is 26.8 Å². The van der Waals surface area contributed by atoms with Gasteiger partial charge in [0.05, 0.1) is 30.4 Å². The zero-order chi connectivity index (χ0) is 24.1. The van der Waals surface area contributed by atoms with E-state index in [9.17, 15) is 9.18 Å². The van der Waals surface area contributed by atoms with E-state index in [0.717, 1.165) is 12.1 Å². The topological polar surface area (TPSA) is 56.6 Å². The molecule has 0 aliphatic carbocycles. The first-order valence-corrected chi connectivity index (χ1v) is 12.1. The van der Waals surface area contributed by atoms with Crippen molar-refractivity contribution in [2.45, 2.75) is 13.3 Å². The van der Waals surface area contributed by atoms with Gasteiger partial charge in [0.1, 0.15) is 10.0 Å². The predicted octanol–water partition coefficient (Wildman–Crippen LogP) is 5.31. The van der Waals surface area contributed by atoms with Crippen molar-refractivity contribution in [3.63, 3.8) is 0 Å². The Morgan fingerprint density at radius 1 is 1.18 bits per heavy atom. The average Bonchev–Trinajstić information content (AvgIpc) is 3.38. The van der Waals surface area contributed by atoms with Gasteiger partial charge in [0.15, 0.2) is 11.6 Å². The van der Waals surface area contributed by atoms with Crippen LogP contribution < -0.4 is 4.74 Å². The van der Waals surface area contributed by atoms with Crippen LogP contribution in [0.5, 0.6) is 5.75 Å². The minimum atomic E-state index is -0.461. The highest BCUT2D eigenvalue weighted by Gasteiger charge is 2.32. The van der Waals surface area contributed by atoms with Crippen molar-refractivity contribution in [3.05, 3.63) is 71.0 Å². The summed E-state index contributed by atoms with van der Waals surface area (Å²) in [5.41, 5.74) is 2.65. The average molecular weight is 498 g/mol. The Morgan fingerprint density at radius 2 is 1.97 bits per heavy atom. The van der Waals surface area contributed by atoms with E-state index >= 15 is 0 Å². The van der Waals surface area contributed by atoms with Gasteiger partial charge >= 0.3 is 0 Å². The van der Waals surface area contributed by atoms with Crippen LogP contribution in [0.3, 0.4) is 0 Å². The number of hydrogen-bond acceptors (Lipinski definition) is 6. The number of rotatable bonds is 9. The molecule has 4 rings (SSSR count). The van der Waals surface area contributed by atoms with Crippen molar-refractivity contribution >= 4 is 40.3 Å². The van der Waals surface area contributed by atoms with E-state index in [2.05, 4.69) is 0 Å². The van der Waals surface area contributed by atoms with E-state index in [-0.39, 0.29) is 11.7 Å². The van der Waals surface area contributed by atoms with Crippen LogP contribution in [0.4, 0.5) is 4.39 Å². The Labute approximate surface area is 207 Å². The van der Waals surface area contributed by atoms with Crippen molar-refractivity contribution in [1.29, 1.82) is 0 Å². The number of carbonyl (C=O) groups is 1. The van der Waals surface area contributed by atoms with Gasteiger partial charge in [0.25, 0.3) is 5.91 Å². The fourth-order valence-corrected chi connectivity index (χ4v) is 4.72. The third-order valence-electron chi connectivity index (χ3n) is 5.11. The van der Waals surface area contributed by atoms with E-state index in [1.54, 1.807) is 30.0 Å². The maximum absolute atomic E-state index is 14.7. The lowest BCUT2D eigenvalue weighted by Gasteiger charge is -2.12. The molecule has 0 unspecified atom stereocenters. The quantitative estimate of drug-likeness (QED) is 0.295. The summed E-state index contributed by atoms with van der Waals surface area (Å²) in [6.45, 7) is 3.18. The normalized spacial score (nSPS) is 14.9. The van der Waals surface area contributed by atoms with Crippen molar-refractivity contribution in [1.82, 2.24) is 14.7 Å². The second-order valence-corrected chi connectivity index (χ2v) is 9.21. The second-order valence-electron chi connectivity index (χ2n) is 7.53. The lowest BCUT2D eigenvalue weighted by Crippen LogP contribution is -2.31. The molecular formula is C25H24FN3O3S2. The minimum absolute atomic E-state index is 0.181. The van der Waals surface area contributed by atoms with Crippen LogP contribution in [0.2, 0.25) is 0 Å². The van der Waals surface area contributed by atoms with E-state index in [0.29, 0.717) is 45.8 Å². The van der Waals surface area contributed by atoms with Crippen molar-refractivity contribution in [3.8, 4) is 22.7 Å². The zero-order valence-electron chi connectivity index (χ0n) is 18.9. The number of carbonyl (C=O) groups excluding carboxylic acids is 1. The van der Waals surface area contributed by atoms with Gasteiger partial charge in [-0.3, -0.25) is 9.69 Å². The summed E-state index contributed by atoms with van der Waals surface area (Å²) in [4.78, 5) is 14.9. The molecule has 0 saturated carbocycles. The molecule has 0 radical (unpaired) electrons. The largest absolute Gasteiger partial charge is 0.491 e. The van der Waals surface area contributed by atoms with E-state index in [1.165, 1.54) is 22.7 Å². The van der Waals surface area contributed by atoms with Crippen LogP contribution in [0, 0.1) is 5.82 Å². The molecule has 1 aromatic heterocycles. The maximum Gasteiger partial charge on any atom is 0.266 e. The van der Waals surface area contributed by atoms with Gasteiger partial charge in [0, 0.05) is 24.4 Å². The summed E-state index contributed by atoms with van der Waals surface area (Å²) in [7, 11) is 1.58. The van der Waals surface area contributed by atoms with Gasteiger partial charge in [-0.25, -0.2) is 9.07 Å². The molecule has 2 aromatic carbocycles. The second kappa shape index (κ2) is 10.9. The van der Waals surface area contributed by atoms with Gasteiger partial charge in [-0.05, 0) is 42.8 Å². The van der Waals surface area contributed by atoms with Crippen LogP contribution in [0.15, 0.2) is 59.6 Å². The van der Waals surface area contributed by atoms with Crippen molar-refractivity contribution in [2.24, 2.45) is 0 Å². The van der Waals surface area contributed by atoms with Crippen LogP contribution in [-0.4, -0.2) is 51.8 Å². The number of amides is 1. The monoisotopic (exact) mass is 497 g/mol. The Kier molecular flexibility index (Phi) is 7.77. The number of ether oxygens (including phenoxy) is 2. The van der Waals surface area contributed by atoms with Crippen molar-refractivity contribution < 1.29 is 18.7 Å². The molecule has 0 N–H and O–H groups in total. The summed E-state index contributed by atoms with van der Waals surface area (Å²) in [6, 6.07) is 14.4. The van der Waals surface area contributed by atoms with Crippen LogP contribution >= 0.6 is 24.0 Å². The zero-order valence-corrected chi connectivity index (χ0v) is 20.5. The smallest absolute Gasteiger partial charge is 0.266 e. The first kappa shape index (κ1) is 24.1. The van der Waals surface area contributed by atoms with E-state index in [1.807, 2.05) is 43.5 Å². The Hall–Kier alpha value is -3.01. The number of hydrogen-bond donors (Lipinski definition) is 0. The SMILES string of the molecule is CCCOc1ccc(-c2nn(-c3ccccc3)cc2C=C2SC(=S)N(CCOC)C2=O)cc1F. The lowest BCUT2D eigenvalue weighted by molar-refractivity contribution is -0.122. The van der Waals surface area contributed by atoms with Gasteiger partial charge in [-0.2, -0.15) is 5.10 Å². The molecule has 1 saturated heterocycles. The summed E-state index contributed by atoms with van der Waals surface area (Å²) in [6.07, 6.45) is 4.37. The van der Waals surface area contributed by atoms with Crippen LogP contribution in [0.25, 0.3) is 23.0 Å². The molecule has 3 aromatic rings. The van der Waals surface area contributed by atoms with Crippen LogP contribution in [0.1, 0.15) is 18.9 Å². The number of thiocarbonyl (C=S) groups is 1. The van der Waals surface area contributed by atoms with E-state index < -0.39 is 5.82 Å². The van der Waals surface area contributed by atoms with Crippen LogP contribution in [-0.2, 0) is 9.53 Å². The number of nitrogens with zero attached hydrogens (tertiary/aromatic N) is 3. The lowest BCUT2D eigenvalue weighted by atomic mass is 10.1. The fourth-order valence-electron chi connectivity index (χ4n) is 3.42. The predicted molar refractivity (Wildman–Crippen MR) is 136 cm³/mol. The van der Waals surface area contributed by atoms with Gasteiger partial charge in [-0.1, -0.05) is 49.1 Å². The molecule has 1 aliphatic heterocycles. The van der Waals surface area contributed by atoms with Gasteiger partial charge in [0.2, 0.25) is 0 Å². The molecule has 1 fully saturated rings. The molecule has 1 aliphatic rings. The summed E-state index contributed by atoms with van der Waals surface area (Å²) >= 11 is 6.62. The highest BCUT2D eigenvalue weighted by molar-refractivity contribution is 8.26. The fraction of sp³-hybridized carbons (Fsp3) is 0.240. The summed E-state index contributed by atoms with van der Waals surface area (Å²) in [5, 5.41) is 4.72. The molecule has 1 amide bonds. The number of methoxy groups -OCH3 is 1. The van der Waals surface area contributed by atoms with Crippen molar-refractivity contribution in [2.75, 3.05) is 26.9 Å². The Morgan fingerprint density at radius 3 is 2.68 bits per heavy atom. The number of thioether (sulfide) groups is 1. The summed E-state index contributed by atoms with van der Waals surface area (Å²) < 4.78 is 27.5. The maximum atomic E-state index is 14.7. The molecule has 6 nitrogen and oxygen atoms in total. The summed E-state index contributed by atoms with van der Waals surface area (Å²) in [5.74, 6) is -0.439. The molecule has 176 valence electrons. The first-order chi connectivity index (χ1) is 16.5. The number of halogens is 1. The Bertz CT molecular complexity index is 1230. The first-order valence-electron chi connectivity index (χ1n) is 10.8. The number of aromatic nitrogens is 2. The Balaban J connectivity index is 1.74. The molecule has 0 spiro atoms. The third-order valence-corrected chi connectivity index (χ3v) is 6.49. The highest BCUT2D eigenvalue weighted by atomic mass is 32.2. The minimum Gasteiger partial charge on any atom is -0.491 e. The molecule has 0 bridgehead atoms. The van der Waals surface area contributed by atoms with Gasteiger partial charge < -0.3 is 9.47 Å². The molecule has 2 heterocycles. The molecular weight excluding hydrogens is 473 g/mol. The molecule has 0 atom stereocenters. The standard InChI is InChI=1S/C25H24FN3O3S2/c1-3-12-32-21-10-9-17(14-20(21)26)23-18(16-29(27-23)19-7-5-4-6-8-19)15-22-24(30)28(11-13-31-2)25(33)34-22/h4-10,14-16H,3,11-13H2,1-2H3. The molecule has 9 heteroatoms. The third kappa shape index (κ3) is 5.22. The number of benzene rings is 2. The van der Waals surface area contributed by atoms with Gasteiger partial charge in [-0.15, -0.1) is 0 Å².